The standard InChI is InChI=1S/C16H22N4O3S/c1-11-8-18-16-20(15(11)23)9-12(10-24-16)14(22)17-5-3-7-19-6-2-4-13(19)21/h8,12H,2-7,9-10H2,1H3,(H,17,22). The van der Waals surface area contributed by atoms with Crippen molar-refractivity contribution in [1.82, 2.24) is 19.8 Å². The first-order chi connectivity index (χ1) is 11.6. The number of hydrogen-bond donors (Lipinski definition) is 1. The van der Waals surface area contributed by atoms with Gasteiger partial charge in [-0.3, -0.25) is 19.0 Å². The van der Waals surface area contributed by atoms with E-state index in [9.17, 15) is 14.4 Å². The highest BCUT2D eigenvalue weighted by atomic mass is 32.2. The van der Waals surface area contributed by atoms with Crippen LogP contribution in [0.1, 0.15) is 24.8 Å². The normalized spacial score (nSPS) is 20.1. The van der Waals surface area contributed by atoms with Crippen LogP contribution in [0.15, 0.2) is 16.1 Å². The molecule has 1 unspecified atom stereocenters. The third kappa shape index (κ3) is 3.63. The molecule has 3 heterocycles. The van der Waals surface area contributed by atoms with Crippen molar-refractivity contribution in [3.8, 4) is 0 Å². The van der Waals surface area contributed by atoms with E-state index in [0.29, 0.717) is 42.5 Å². The van der Waals surface area contributed by atoms with Gasteiger partial charge in [0.05, 0.1) is 5.92 Å². The summed E-state index contributed by atoms with van der Waals surface area (Å²) in [4.78, 5) is 42.1. The second-order valence-corrected chi connectivity index (χ2v) is 7.26. The zero-order valence-corrected chi connectivity index (χ0v) is 14.6. The minimum Gasteiger partial charge on any atom is -0.356 e. The topological polar surface area (TPSA) is 84.3 Å². The molecule has 1 atom stereocenters. The second kappa shape index (κ2) is 7.38. The molecule has 2 aliphatic rings. The third-order valence-electron chi connectivity index (χ3n) is 4.44. The van der Waals surface area contributed by atoms with Gasteiger partial charge in [0, 0.05) is 50.1 Å². The van der Waals surface area contributed by atoms with Crippen LogP contribution in [-0.2, 0) is 16.1 Å². The van der Waals surface area contributed by atoms with E-state index in [0.717, 1.165) is 19.4 Å². The number of nitrogens with one attached hydrogen (secondary N) is 1. The molecule has 2 amide bonds. The average molecular weight is 350 g/mol. The maximum absolute atomic E-state index is 12.3. The molecule has 0 radical (unpaired) electrons. The van der Waals surface area contributed by atoms with Gasteiger partial charge in [0.1, 0.15) is 0 Å². The van der Waals surface area contributed by atoms with Crippen LogP contribution < -0.4 is 10.9 Å². The summed E-state index contributed by atoms with van der Waals surface area (Å²) in [5, 5.41) is 3.61. The Hall–Kier alpha value is -1.83. The largest absolute Gasteiger partial charge is 0.356 e. The quantitative estimate of drug-likeness (QED) is 0.614. The van der Waals surface area contributed by atoms with E-state index in [1.54, 1.807) is 17.7 Å². The molecule has 1 aromatic heterocycles. The van der Waals surface area contributed by atoms with Gasteiger partial charge >= 0.3 is 0 Å². The van der Waals surface area contributed by atoms with E-state index in [-0.39, 0.29) is 23.3 Å². The number of thioether (sulfide) groups is 1. The summed E-state index contributed by atoms with van der Waals surface area (Å²) >= 11 is 1.45. The van der Waals surface area contributed by atoms with Crippen LogP contribution in [0.4, 0.5) is 0 Å². The highest BCUT2D eigenvalue weighted by molar-refractivity contribution is 7.99. The lowest BCUT2D eigenvalue weighted by atomic mass is 10.1. The number of hydrogen-bond acceptors (Lipinski definition) is 5. The zero-order valence-electron chi connectivity index (χ0n) is 13.8. The third-order valence-corrected chi connectivity index (χ3v) is 5.60. The predicted octanol–water partition coefficient (Wildman–Crippen LogP) is 0.402. The van der Waals surface area contributed by atoms with Crippen LogP contribution in [0.25, 0.3) is 0 Å². The number of rotatable bonds is 5. The molecule has 24 heavy (non-hydrogen) atoms. The number of carbonyl (C=O) groups excluding carboxylic acids is 2. The maximum atomic E-state index is 12.3. The number of nitrogens with zero attached hydrogens (tertiary/aromatic N) is 3. The Balaban J connectivity index is 1.48. The van der Waals surface area contributed by atoms with Crippen LogP contribution in [-0.4, -0.2) is 51.7 Å². The van der Waals surface area contributed by atoms with E-state index < -0.39 is 0 Å². The predicted molar refractivity (Wildman–Crippen MR) is 90.9 cm³/mol. The van der Waals surface area contributed by atoms with Crippen molar-refractivity contribution in [1.29, 1.82) is 0 Å². The van der Waals surface area contributed by atoms with Crippen LogP contribution >= 0.6 is 11.8 Å². The van der Waals surface area contributed by atoms with Gasteiger partial charge in [-0.25, -0.2) is 4.98 Å². The Morgan fingerprint density at radius 2 is 2.29 bits per heavy atom. The van der Waals surface area contributed by atoms with Gasteiger partial charge in [-0.2, -0.15) is 0 Å². The minimum atomic E-state index is -0.225. The molecule has 0 saturated carbocycles. The fourth-order valence-corrected chi connectivity index (χ4v) is 4.07. The summed E-state index contributed by atoms with van der Waals surface area (Å²) < 4.78 is 1.59. The van der Waals surface area contributed by atoms with Crippen molar-refractivity contribution < 1.29 is 9.59 Å². The summed E-state index contributed by atoms with van der Waals surface area (Å²) in [5.74, 6) is 0.585. The van der Waals surface area contributed by atoms with Gasteiger partial charge in [-0.05, 0) is 19.8 Å². The van der Waals surface area contributed by atoms with E-state index in [1.165, 1.54) is 11.8 Å². The molecule has 2 aliphatic heterocycles. The summed E-state index contributed by atoms with van der Waals surface area (Å²) in [6.45, 7) is 4.20. The Labute approximate surface area is 144 Å². The van der Waals surface area contributed by atoms with Crippen molar-refractivity contribution >= 4 is 23.6 Å². The van der Waals surface area contributed by atoms with Crippen molar-refractivity contribution in [2.45, 2.75) is 37.9 Å². The highest BCUT2D eigenvalue weighted by Gasteiger charge is 2.27. The van der Waals surface area contributed by atoms with Gasteiger partial charge < -0.3 is 10.2 Å². The summed E-state index contributed by atoms with van der Waals surface area (Å²) in [6, 6.07) is 0. The molecule has 130 valence electrons. The Morgan fingerprint density at radius 3 is 3.04 bits per heavy atom. The monoisotopic (exact) mass is 350 g/mol. The lowest BCUT2D eigenvalue weighted by Gasteiger charge is -2.24. The fraction of sp³-hybridized carbons (Fsp3) is 0.625. The van der Waals surface area contributed by atoms with Gasteiger partial charge in [0.15, 0.2) is 5.16 Å². The molecule has 8 heteroatoms. The van der Waals surface area contributed by atoms with Gasteiger partial charge in [0.2, 0.25) is 11.8 Å². The van der Waals surface area contributed by atoms with E-state index in [2.05, 4.69) is 10.3 Å². The van der Waals surface area contributed by atoms with Crippen molar-refractivity contribution in [3.63, 3.8) is 0 Å². The van der Waals surface area contributed by atoms with Crippen molar-refractivity contribution in [2.24, 2.45) is 5.92 Å². The lowest BCUT2D eigenvalue weighted by Crippen LogP contribution is -2.41. The molecule has 7 nitrogen and oxygen atoms in total. The number of amides is 2. The molecule has 3 rings (SSSR count). The lowest BCUT2D eigenvalue weighted by molar-refractivity contribution is -0.127. The number of likely N-dealkylation sites (tertiary alicyclic amines) is 1. The average Bonchev–Trinajstić information content (AvgIpc) is 3.00. The second-order valence-electron chi connectivity index (χ2n) is 6.28. The molecule has 0 aromatic carbocycles. The SMILES string of the molecule is Cc1cnc2n(c1=O)CC(C(=O)NCCCN1CCCC1=O)CS2. The molecular formula is C16H22N4O3S. The van der Waals surface area contributed by atoms with Crippen LogP contribution in [0.5, 0.6) is 0 Å². The Morgan fingerprint density at radius 1 is 1.46 bits per heavy atom. The number of carbonyl (C=O) groups is 2. The highest BCUT2D eigenvalue weighted by Crippen LogP contribution is 2.24. The van der Waals surface area contributed by atoms with Gasteiger partial charge in [-0.1, -0.05) is 11.8 Å². The van der Waals surface area contributed by atoms with Crippen molar-refractivity contribution in [3.05, 3.63) is 22.1 Å². The smallest absolute Gasteiger partial charge is 0.257 e. The summed E-state index contributed by atoms with van der Waals surface area (Å²) in [6.07, 6.45) is 3.93. The van der Waals surface area contributed by atoms with E-state index in [1.807, 2.05) is 4.90 Å². The van der Waals surface area contributed by atoms with Crippen LogP contribution in [0, 0.1) is 12.8 Å². The molecule has 1 fully saturated rings. The van der Waals surface area contributed by atoms with Crippen molar-refractivity contribution in [2.75, 3.05) is 25.4 Å². The van der Waals surface area contributed by atoms with E-state index in [4.69, 9.17) is 0 Å². The van der Waals surface area contributed by atoms with Crippen LogP contribution in [0.2, 0.25) is 0 Å². The van der Waals surface area contributed by atoms with E-state index >= 15 is 0 Å². The molecule has 0 spiro atoms. The Kier molecular flexibility index (Phi) is 5.23. The molecule has 1 aromatic rings. The number of fused-ring (bicyclic) bond motifs is 1. The molecule has 1 N–H and O–H groups in total. The summed E-state index contributed by atoms with van der Waals surface area (Å²) in [5.41, 5.74) is 0.522. The van der Waals surface area contributed by atoms with Gasteiger partial charge in [-0.15, -0.1) is 0 Å². The first-order valence-corrected chi connectivity index (χ1v) is 9.29. The minimum absolute atomic E-state index is 0.0331. The number of aryl methyl sites for hydroxylation is 1. The molecular weight excluding hydrogens is 328 g/mol. The molecule has 1 saturated heterocycles. The first kappa shape index (κ1) is 17.0. The summed E-state index contributed by atoms with van der Waals surface area (Å²) in [7, 11) is 0. The molecule has 0 bridgehead atoms. The maximum Gasteiger partial charge on any atom is 0.257 e. The zero-order chi connectivity index (χ0) is 17.1. The Bertz CT molecular complexity index is 703. The fourth-order valence-electron chi connectivity index (χ4n) is 3.03. The van der Waals surface area contributed by atoms with Gasteiger partial charge in [0.25, 0.3) is 5.56 Å². The first-order valence-electron chi connectivity index (χ1n) is 8.31. The number of aromatic nitrogens is 2. The van der Waals surface area contributed by atoms with Crippen LogP contribution in [0.3, 0.4) is 0 Å². The molecule has 0 aliphatic carbocycles.